The standard InChI is InChI=1S/C16H11Cl6NO4/c1-27-7-4-2-6(3-5-7)23-12(24)8-9(13(25)26)15(20)11(18)10(17)14(8,19)16(15,21)22/h2-5,8-9H,1H3,(H,23,24)(H,25,26)/t8-,9+,14-,15-/m1/s1. The number of methoxy groups -OCH3 is 1. The summed E-state index contributed by atoms with van der Waals surface area (Å²) in [5.41, 5.74) is 0.373. The van der Waals surface area contributed by atoms with Crippen molar-refractivity contribution >= 4 is 87.2 Å². The van der Waals surface area contributed by atoms with Crippen molar-refractivity contribution in [2.24, 2.45) is 11.8 Å². The van der Waals surface area contributed by atoms with Gasteiger partial charge in [0.2, 0.25) is 5.91 Å². The minimum Gasteiger partial charge on any atom is -0.497 e. The van der Waals surface area contributed by atoms with Crippen molar-refractivity contribution < 1.29 is 19.4 Å². The predicted molar refractivity (Wildman–Crippen MR) is 107 cm³/mol. The van der Waals surface area contributed by atoms with Gasteiger partial charge in [-0.3, -0.25) is 9.59 Å². The van der Waals surface area contributed by atoms with Crippen LogP contribution in [0.25, 0.3) is 0 Å². The average molecular weight is 494 g/mol. The van der Waals surface area contributed by atoms with Crippen LogP contribution in [0.5, 0.6) is 5.75 Å². The van der Waals surface area contributed by atoms with Crippen LogP contribution < -0.4 is 10.1 Å². The molecule has 1 aromatic carbocycles. The van der Waals surface area contributed by atoms with Crippen molar-refractivity contribution in [2.75, 3.05) is 12.4 Å². The Hall–Kier alpha value is -0.560. The molecule has 27 heavy (non-hydrogen) atoms. The number of hydrogen-bond acceptors (Lipinski definition) is 3. The molecular formula is C16H11Cl6NO4. The first-order valence-electron chi connectivity index (χ1n) is 7.44. The molecule has 1 saturated carbocycles. The summed E-state index contributed by atoms with van der Waals surface area (Å²) < 4.78 is 2.91. The van der Waals surface area contributed by atoms with E-state index in [0.717, 1.165) is 0 Å². The fraction of sp³-hybridized carbons (Fsp3) is 0.375. The lowest BCUT2D eigenvalue weighted by atomic mass is 9.81. The molecule has 0 heterocycles. The van der Waals surface area contributed by atoms with Crippen LogP contribution in [0.15, 0.2) is 34.3 Å². The predicted octanol–water partition coefficient (Wildman–Crippen LogP) is 4.80. The van der Waals surface area contributed by atoms with Gasteiger partial charge in [-0.1, -0.05) is 46.4 Å². The van der Waals surface area contributed by atoms with Crippen LogP contribution >= 0.6 is 69.6 Å². The summed E-state index contributed by atoms with van der Waals surface area (Å²) in [7, 11) is 1.50. The first-order chi connectivity index (χ1) is 12.4. The number of carboxylic acids is 1. The monoisotopic (exact) mass is 491 g/mol. The van der Waals surface area contributed by atoms with E-state index in [4.69, 9.17) is 74.3 Å². The number of rotatable bonds is 4. The Morgan fingerprint density at radius 1 is 1.00 bits per heavy atom. The van der Waals surface area contributed by atoms with E-state index in [1.807, 2.05) is 0 Å². The molecule has 146 valence electrons. The zero-order valence-corrected chi connectivity index (χ0v) is 17.9. The molecule has 1 fully saturated rings. The van der Waals surface area contributed by atoms with Crippen LogP contribution in [0.2, 0.25) is 0 Å². The zero-order valence-electron chi connectivity index (χ0n) is 13.4. The van der Waals surface area contributed by atoms with Gasteiger partial charge in [0.05, 0.1) is 29.0 Å². The van der Waals surface area contributed by atoms with E-state index in [2.05, 4.69) is 5.32 Å². The van der Waals surface area contributed by atoms with E-state index in [0.29, 0.717) is 11.4 Å². The molecule has 1 aromatic rings. The molecule has 0 saturated heterocycles. The Morgan fingerprint density at radius 3 is 1.93 bits per heavy atom. The number of alkyl halides is 4. The largest absolute Gasteiger partial charge is 0.497 e. The van der Waals surface area contributed by atoms with Crippen LogP contribution in [0.4, 0.5) is 5.69 Å². The molecule has 2 bridgehead atoms. The molecule has 0 aromatic heterocycles. The number of carbonyl (C=O) groups excluding carboxylic acids is 1. The Balaban J connectivity index is 2.05. The van der Waals surface area contributed by atoms with E-state index < -0.39 is 37.8 Å². The molecule has 0 radical (unpaired) electrons. The molecule has 1 amide bonds. The lowest BCUT2D eigenvalue weighted by molar-refractivity contribution is -0.146. The summed E-state index contributed by atoms with van der Waals surface area (Å²) in [4.78, 5) is 20.8. The number of ether oxygens (including phenoxy) is 1. The van der Waals surface area contributed by atoms with E-state index in [-0.39, 0.29) is 10.1 Å². The number of nitrogens with one attached hydrogen (secondary N) is 1. The lowest BCUT2D eigenvalue weighted by Crippen LogP contribution is -2.47. The maximum Gasteiger partial charge on any atom is 0.309 e. The van der Waals surface area contributed by atoms with Crippen molar-refractivity contribution in [3.63, 3.8) is 0 Å². The zero-order chi connectivity index (χ0) is 20.4. The normalized spacial score (nSPS) is 33.9. The van der Waals surface area contributed by atoms with Gasteiger partial charge < -0.3 is 15.2 Å². The Bertz CT molecular complexity index is 857. The second-order valence-corrected chi connectivity index (χ2v) is 9.41. The SMILES string of the molecule is COc1ccc(NC(=O)[C@H]2[C@@H](C(=O)O)[C@@]3(Cl)C(Cl)=C(Cl)[C@@]2(Cl)C3(Cl)Cl)cc1. The van der Waals surface area contributed by atoms with Gasteiger partial charge >= 0.3 is 5.97 Å². The van der Waals surface area contributed by atoms with Gasteiger partial charge in [0, 0.05) is 5.69 Å². The van der Waals surface area contributed by atoms with Gasteiger partial charge in [0.1, 0.15) is 15.5 Å². The Labute approximate surface area is 184 Å². The number of aliphatic carboxylic acids is 1. The summed E-state index contributed by atoms with van der Waals surface area (Å²) in [6, 6.07) is 6.36. The van der Waals surface area contributed by atoms with Gasteiger partial charge in [-0.15, -0.1) is 23.2 Å². The van der Waals surface area contributed by atoms with E-state index in [1.54, 1.807) is 24.3 Å². The lowest BCUT2D eigenvalue weighted by Gasteiger charge is -2.33. The molecule has 5 nitrogen and oxygen atoms in total. The van der Waals surface area contributed by atoms with Gasteiger partial charge in [0.25, 0.3) is 0 Å². The first kappa shape index (κ1) is 21.2. The Morgan fingerprint density at radius 2 is 1.48 bits per heavy atom. The molecule has 0 unspecified atom stereocenters. The number of carboxylic acid groups (broad SMARTS) is 1. The molecule has 0 spiro atoms. The Kier molecular flexibility index (Phi) is 5.29. The smallest absolute Gasteiger partial charge is 0.309 e. The molecule has 2 N–H and O–H groups in total. The van der Waals surface area contributed by atoms with Crippen molar-refractivity contribution in [1.82, 2.24) is 0 Å². The van der Waals surface area contributed by atoms with Crippen LogP contribution in [0.3, 0.4) is 0 Å². The molecule has 2 aliphatic carbocycles. The van der Waals surface area contributed by atoms with Gasteiger partial charge in [-0.2, -0.15) is 0 Å². The molecular weight excluding hydrogens is 483 g/mol. The van der Waals surface area contributed by atoms with Gasteiger partial charge in [-0.05, 0) is 24.3 Å². The number of hydrogen-bond donors (Lipinski definition) is 2. The molecule has 3 rings (SSSR count). The second kappa shape index (κ2) is 6.75. The molecule has 11 heteroatoms. The minimum atomic E-state index is -2.14. The van der Waals surface area contributed by atoms with Crippen molar-refractivity contribution in [2.45, 2.75) is 14.1 Å². The fourth-order valence-corrected chi connectivity index (χ4v) is 6.46. The number of fused-ring (bicyclic) bond motifs is 2. The summed E-state index contributed by atoms with van der Waals surface area (Å²) in [6.07, 6.45) is 0. The molecule has 0 aliphatic heterocycles. The van der Waals surface area contributed by atoms with Crippen LogP contribution in [0, 0.1) is 11.8 Å². The number of carbonyl (C=O) groups is 2. The van der Waals surface area contributed by atoms with Crippen LogP contribution in [-0.2, 0) is 9.59 Å². The molecule has 4 atom stereocenters. The highest BCUT2D eigenvalue weighted by atomic mass is 35.5. The van der Waals surface area contributed by atoms with Crippen molar-refractivity contribution in [1.29, 1.82) is 0 Å². The van der Waals surface area contributed by atoms with Gasteiger partial charge in [0.15, 0.2) is 4.33 Å². The fourth-order valence-electron chi connectivity index (χ4n) is 3.52. The second-order valence-electron chi connectivity index (χ2n) is 6.14. The third-order valence-electron chi connectivity index (χ3n) is 4.84. The number of amides is 1. The number of anilines is 1. The maximum absolute atomic E-state index is 13.0. The third-order valence-corrected chi connectivity index (χ3v) is 9.10. The number of halogens is 6. The average Bonchev–Trinajstić information content (AvgIpc) is 2.82. The highest BCUT2D eigenvalue weighted by molar-refractivity contribution is 6.66. The molecule has 2 aliphatic rings. The highest BCUT2D eigenvalue weighted by Gasteiger charge is 2.85. The van der Waals surface area contributed by atoms with E-state index in [9.17, 15) is 14.7 Å². The van der Waals surface area contributed by atoms with Gasteiger partial charge in [-0.25, -0.2) is 0 Å². The summed E-state index contributed by atoms with van der Waals surface area (Å²) in [5.74, 6) is -4.72. The number of benzene rings is 1. The third kappa shape index (κ3) is 2.59. The maximum atomic E-state index is 13.0. The summed E-state index contributed by atoms with van der Waals surface area (Å²) in [6.45, 7) is 0. The topological polar surface area (TPSA) is 75.6 Å². The van der Waals surface area contributed by atoms with E-state index in [1.165, 1.54) is 7.11 Å². The van der Waals surface area contributed by atoms with E-state index >= 15 is 0 Å². The minimum absolute atomic E-state index is 0.252. The number of allylic oxidation sites excluding steroid dienone is 2. The highest BCUT2D eigenvalue weighted by Crippen LogP contribution is 2.76. The quantitative estimate of drug-likeness (QED) is 0.591. The van der Waals surface area contributed by atoms with Crippen LogP contribution in [0.1, 0.15) is 0 Å². The first-order valence-corrected chi connectivity index (χ1v) is 9.71. The summed E-state index contributed by atoms with van der Waals surface area (Å²) in [5, 5.41) is 11.8. The van der Waals surface area contributed by atoms with Crippen LogP contribution in [-0.4, -0.2) is 38.2 Å². The van der Waals surface area contributed by atoms with Crippen molar-refractivity contribution in [3.05, 3.63) is 34.3 Å². The summed E-state index contributed by atoms with van der Waals surface area (Å²) >= 11 is 38.1. The van der Waals surface area contributed by atoms with Crippen molar-refractivity contribution in [3.8, 4) is 5.75 Å².